The van der Waals surface area contributed by atoms with Gasteiger partial charge in [0.05, 0.1) is 11.8 Å². The zero-order valence-corrected chi connectivity index (χ0v) is 8.56. The summed E-state index contributed by atoms with van der Waals surface area (Å²) >= 11 is 0. The van der Waals surface area contributed by atoms with Crippen molar-refractivity contribution in [2.75, 3.05) is 6.61 Å². The van der Waals surface area contributed by atoms with Crippen LogP contribution >= 0.6 is 0 Å². The Bertz CT molecular complexity index is 260. The third kappa shape index (κ3) is 2.82. The molecule has 0 saturated carbocycles. The molecule has 1 rings (SSSR count). The van der Waals surface area contributed by atoms with E-state index in [0.717, 1.165) is 18.7 Å². The number of aromatic nitrogens is 2. The van der Waals surface area contributed by atoms with E-state index in [-0.39, 0.29) is 6.61 Å². The molecule has 2 N–H and O–H groups in total. The summed E-state index contributed by atoms with van der Waals surface area (Å²) in [6.07, 6.45) is 3.41. The van der Waals surface area contributed by atoms with E-state index in [9.17, 15) is 5.11 Å². The molecule has 0 aromatic carbocycles. The van der Waals surface area contributed by atoms with E-state index < -0.39 is 6.10 Å². The maximum atomic E-state index is 9.78. The molecule has 1 heterocycles. The largest absolute Gasteiger partial charge is 0.396 e. The Morgan fingerprint density at radius 1 is 1.57 bits per heavy atom. The lowest BCUT2D eigenvalue weighted by molar-refractivity contribution is 0.142. The normalized spacial score (nSPS) is 13.1. The maximum absolute atomic E-state index is 9.78. The molecule has 1 aromatic rings. The zero-order valence-electron chi connectivity index (χ0n) is 8.56. The predicted octanol–water partition coefficient (Wildman–Crippen LogP) is 1.10. The molecule has 0 aliphatic carbocycles. The van der Waals surface area contributed by atoms with Gasteiger partial charge in [-0.2, -0.15) is 5.10 Å². The SMILES string of the molecule is CCCn1nccc1C(O)CCCO. The van der Waals surface area contributed by atoms with Gasteiger partial charge < -0.3 is 10.2 Å². The minimum Gasteiger partial charge on any atom is -0.396 e. The Morgan fingerprint density at radius 3 is 3.00 bits per heavy atom. The van der Waals surface area contributed by atoms with Crippen molar-refractivity contribution in [3.63, 3.8) is 0 Å². The van der Waals surface area contributed by atoms with E-state index in [4.69, 9.17) is 5.11 Å². The van der Waals surface area contributed by atoms with E-state index in [0.29, 0.717) is 12.8 Å². The summed E-state index contributed by atoms with van der Waals surface area (Å²) in [6.45, 7) is 3.03. The molecule has 0 radical (unpaired) electrons. The molecule has 4 heteroatoms. The quantitative estimate of drug-likeness (QED) is 0.719. The summed E-state index contributed by atoms with van der Waals surface area (Å²) < 4.78 is 1.82. The van der Waals surface area contributed by atoms with Crippen LogP contribution in [0.25, 0.3) is 0 Å². The Balaban J connectivity index is 2.58. The summed E-state index contributed by atoms with van der Waals surface area (Å²) in [5, 5.41) is 22.6. The Morgan fingerprint density at radius 2 is 2.36 bits per heavy atom. The van der Waals surface area contributed by atoms with Crippen LogP contribution in [0.5, 0.6) is 0 Å². The van der Waals surface area contributed by atoms with Crippen LogP contribution in [0.1, 0.15) is 38.0 Å². The highest BCUT2D eigenvalue weighted by Crippen LogP contribution is 2.17. The van der Waals surface area contributed by atoms with Crippen molar-refractivity contribution in [2.24, 2.45) is 0 Å². The number of rotatable bonds is 6. The molecule has 14 heavy (non-hydrogen) atoms. The second-order valence-corrected chi connectivity index (χ2v) is 3.36. The second kappa shape index (κ2) is 5.78. The molecular weight excluding hydrogens is 180 g/mol. The fraction of sp³-hybridized carbons (Fsp3) is 0.700. The van der Waals surface area contributed by atoms with Gasteiger partial charge in [0.2, 0.25) is 0 Å². The van der Waals surface area contributed by atoms with Gasteiger partial charge in [-0.3, -0.25) is 4.68 Å². The molecule has 0 aliphatic rings. The van der Waals surface area contributed by atoms with Crippen LogP contribution in [0.3, 0.4) is 0 Å². The molecule has 1 aromatic heterocycles. The summed E-state index contributed by atoms with van der Waals surface area (Å²) in [6, 6.07) is 1.83. The van der Waals surface area contributed by atoms with Gasteiger partial charge in [-0.1, -0.05) is 6.92 Å². The number of aryl methyl sites for hydroxylation is 1. The van der Waals surface area contributed by atoms with Crippen molar-refractivity contribution in [3.05, 3.63) is 18.0 Å². The molecule has 1 unspecified atom stereocenters. The third-order valence-corrected chi connectivity index (χ3v) is 2.16. The fourth-order valence-electron chi connectivity index (χ4n) is 1.46. The average Bonchev–Trinajstić information content (AvgIpc) is 2.63. The summed E-state index contributed by atoms with van der Waals surface area (Å²) in [7, 11) is 0. The van der Waals surface area contributed by atoms with Gasteiger partial charge in [-0.15, -0.1) is 0 Å². The summed E-state index contributed by atoms with van der Waals surface area (Å²) in [5.74, 6) is 0. The number of aliphatic hydroxyl groups is 2. The molecule has 0 spiro atoms. The van der Waals surface area contributed by atoms with Crippen LogP contribution in [-0.4, -0.2) is 26.6 Å². The summed E-state index contributed by atoms with van der Waals surface area (Å²) in [4.78, 5) is 0. The van der Waals surface area contributed by atoms with Crippen molar-refractivity contribution in [2.45, 2.75) is 38.8 Å². The molecule has 0 fully saturated rings. The Labute approximate surface area is 84.2 Å². The minimum absolute atomic E-state index is 0.124. The first-order valence-corrected chi connectivity index (χ1v) is 5.10. The molecule has 0 aliphatic heterocycles. The van der Waals surface area contributed by atoms with Crippen molar-refractivity contribution < 1.29 is 10.2 Å². The lowest BCUT2D eigenvalue weighted by Gasteiger charge is -2.11. The van der Waals surface area contributed by atoms with Crippen molar-refractivity contribution >= 4 is 0 Å². The Hall–Kier alpha value is -0.870. The fourth-order valence-corrected chi connectivity index (χ4v) is 1.46. The van der Waals surface area contributed by atoms with Crippen LogP contribution in [0.15, 0.2) is 12.3 Å². The molecule has 0 saturated heterocycles. The lowest BCUT2D eigenvalue weighted by Crippen LogP contribution is -2.09. The molecule has 80 valence electrons. The van der Waals surface area contributed by atoms with Gasteiger partial charge in [0.15, 0.2) is 0 Å². The van der Waals surface area contributed by atoms with Gasteiger partial charge in [0, 0.05) is 19.3 Å². The number of aliphatic hydroxyl groups excluding tert-OH is 2. The number of hydrogen-bond acceptors (Lipinski definition) is 3. The van der Waals surface area contributed by atoms with Crippen LogP contribution in [0.4, 0.5) is 0 Å². The van der Waals surface area contributed by atoms with Crippen LogP contribution in [-0.2, 0) is 6.54 Å². The van der Waals surface area contributed by atoms with Gasteiger partial charge >= 0.3 is 0 Å². The van der Waals surface area contributed by atoms with Gasteiger partial charge in [-0.25, -0.2) is 0 Å². The molecule has 0 amide bonds. The monoisotopic (exact) mass is 198 g/mol. The lowest BCUT2D eigenvalue weighted by atomic mass is 10.1. The molecule has 0 bridgehead atoms. The topological polar surface area (TPSA) is 58.3 Å². The standard InChI is InChI=1S/C10H18N2O2/c1-2-7-12-9(5-6-11-12)10(14)4-3-8-13/h5-6,10,13-14H,2-4,7-8H2,1H3. The first-order valence-electron chi connectivity index (χ1n) is 5.10. The van der Waals surface area contributed by atoms with Crippen LogP contribution < -0.4 is 0 Å². The van der Waals surface area contributed by atoms with Gasteiger partial charge in [0.25, 0.3) is 0 Å². The van der Waals surface area contributed by atoms with Crippen molar-refractivity contribution in [3.8, 4) is 0 Å². The molecule has 1 atom stereocenters. The van der Waals surface area contributed by atoms with Gasteiger partial charge in [0.1, 0.15) is 0 Å². The van der Waals surface area contributed by atoms with Crippen molar-refractivity contribution in [1.82, 2.24) is 9.78 Å². The van der Waals surface area contributed by atoms with Crippen LogP contribution in [0, 0.1) is 0 Å². The molecular formula is C10H18N2O2. The highest BCUT2D eigenvalue weighted by atomic mass is 16.3. The van der Waals surface area contributed by atoms with E-state index in [1.807, 2.05) is 10.7 Å². The second-order valence-electron chi connectivity index (χ2n) is 3.36. The minimum atomic E-state index is -0.504. The van der Waals surface area contributed by atoms with E-state index in [1.165, 1.54) is 0 Å². The first kappa shape index (κ1) is 11.2. The van der Waals surface area contributed by atoms with Crippen LogP contribution in [0.2, 0.25) is 0 Å². The first-order chi connectivity index (χ1) is 6.79. The molecule has 4 nitrogen and oxygen atoms in total. The average molecular weight is 198 g/mol. The smallest absolute Gasteiger partial charge is 0.0957 e. The Kier molecular flexibility index (Phi) is 4.62. The highest BCUT2D eigenvalue weighted by molar-refractivity contribution is 5.04. The van der Waals surface area contributed by atoms with Crippen molar-refractivity contribution in [1.29, 1.82) is 0 Å². The highest BCUT2D eigenvalue weighted by Gasteiger charge is 2.11. The number of nitrogens with zero attached hydrogens (tertiary/aromatic N) is 2. The zero-order chi connectivity index (χ0) is 10.4. The predicted molar refractivity (Wildman–Crippen MR) is 53.8 cm³/mol. The maximum Gasteiger partial charge on any atom is 0.0957 e. The van der Waals surface area contributed by atoms with E-state index >= 15 is 0 Å². The van der Waals surface area contributed by atoms with E-state index in [2.05, 4.69) is 12.0 Å². The number of hydrogen-bond donors (Lipinski definition) is 2. The summed E-state index contributed by atoms with van der Waals surface area (Å²) in [5.41, 5.74) is 0.848. The van der Waals surface area contributed by atoms with E-state index in [1.54, 1.807) is 6.20 Å². The van der Waals surface area contributed by atoms with Gasteiger partial charge in [-0.05, 0) is 25.3 Å². The third-order valence-electron chi connectivity index (χ3n) is 2.16.